The summed E-state index contributed by atoms with van der Waals surface area (Å²) >= 11 is 0. The van der Waals surface area contributed by atoms with Crippen molar-refractivity contribution in [2.75, 3.05) is 63.0 Å². The van der Waals surface area contributed by atoms with Crippen molar-refractivity contribution in [2.24, 2.45) is 11.5 Å². The summed E-state index contributed by atoms with van der Waals surface area (Å²) in [6.07, 6.45) is 0. The van der Waals surface area contributed by atoms with Gasteiger partial charge < -0.3 is 46.4 Å². The van der Waals surface area contributed by atoms with E-state index in [1.54, 1.807) is 80.3 Å². The van der Waals surface area contributed by atoms with Crippen molar-refractivity contribution in [3.63, 3.8) is 0 Å². The lowest BCUT2D eigenvalue weighted by Crippen LogP contribution is -2.51. The topological polar surface area (TPSA) is 167 Å². The van der Waals surface area contributed by atoms with Gasteiger partial charge in [0.2, 0.25) is 0 Å². The smallest absolute Gasteiger partial charge is 0.321 e. The molecule has 0 atom stereocenters. The van der Waals surface area contributed by atoms with Crippen LogP contribution in [0.1, 0.15) is 31.8 Å². The van der Waals surface area contributed by atoms with Crippen molar-refractivity contribution in [3.05, 3.63) is 119 Å². The first kappa shape index (κ1) is 34.9. The number of nitrogens with zero attached hydrogens (tertiary/aromatic N) is 4. The fraction of sp³-hybridized carbons (Fsp3) is 0.263. The molecule has 264 valence electrons. The monoisotopic (exact) mass is 690 g/mol. The van der Waals surface area contributed by atoms with Crippen molar-refractivity contribution in [3.8, 4) is 11.5 Å². The van der Waals surface area contributed by atoms with Crippen molar-refractivity contribution in [2.45, 2.75) is 13.1 Å². The molecule has 13 heteroatoms. The van der Waals surface area contributed by atoms with Crippen LogP contribution in [0.15, 0.2) is 97.1 Å². The molecule has 4 aromatic carbocycles. The molecular formula is C38H42N8O5. The van der Waals surface area contributed by atoms with E-state index in [9.17, 15) is 19.2 Å². The number of urea groups is 2. The quantitative estimate of drug-likeness (QED) is 0.213. The van der Waals surface area contributed by atoms with Crippen LogP contribution in [0.25, 0.3) is 0 Å². The number of nitrogens with one attached hydrogen (secondary N) is 2. The van der Waals surface area contributed by atoms with Gasteiger partial charge in [-0.1, -0.05) is 36.4 Å². The van der Waals surface area contributed by atoms with Gasteiger partial charge in [-0.3, -0.25) is 9.59 Å². The summed E-state index contributed by atoms with van der Waals surface area (Å²) < 4.78 is 6.08. The molecule has 0 aromatic heterocycles. The Morgan fingerprint density at radius 3 is 1.27 bits per heavy atom. The van der Waals surface area contributed by atoms with Crippen LogP contribution >= 0.6 is 0 Å². The molecule has 4 aromatic rings. The van der Waals surface area contributed by atoms with Gasteiger partial charge in [-0.05, 0) is 59.7 Å². The van der Waals surface area contributed by atoms with Crippen molar-refractivity contribution >= 4 is 35.3 Å². The second-order valence-corrected chi connectivity index (χ2v) is 12.4. The van der Waals surface area contributed by atoms with Crippen molar-refractivity contribution in [1.29, 1.82) is 0 Å². The zero-order valence-corrected chi connectivity index (χ0v) is 28.3. The van der Waals surface area contributed by atoms with E-state index >= 15 is 0 Å². The van der Waals surface area contributed by atoms with E-state index in [0.717, 1.165) is 11.1 Å². The van der Waals surface area contributed by atoms with Crippen LogP contribution < -0.4 is 26.8 Å². The zero-order valence-electron chi connectivity index (χ0n) is 28.3. The molecule has 0 aliphatic carbocycles. The Labute approximate surface area is 296 Å². The Balaban J connectivity index is 0.974. The molecule has 2 aliphatic heterocycles. The Bertz CT molecular complexity index is 1750. The van der Waals surface area contributed by atoms with Gasteiger partial charge >= 0.3 is 12.1 Å². The number of piperazine rings is 2. The fourth-order valence-electron chi connectivity index (χ4n) is 6.07. The lowest BCUT2D eigenvalue weighted by molar-refractivity contribution is 0.0666. The van der Waals surface area contributed by atoms with Crippen LogP contribution in [0, 0.1) is 0 Å². The van der Waals surface area contributed by atoms with Crippen LogP contribution in [-0.4, -0.2) is 95.8 Å². The number of amides is 6. The molecule has 0 saturated carbocycles. The highest BCUT2D eigenvalue weighted by atomic mass is 16.5. The SMILES string of the molecule is NCc1cccc(C(=O)N2CCN(C(=O)Nc3cccc(Oc4cccc(NC(=O)N5CCN(C(=O)c6cccc(CN)c6)CC5)c4)c3)CC2)c1. The molecule has 2 fully saturated rings. The van der Waals surface area contributed by atoms with Crippen LogP contribution in [0.5, 0.6) is 11.5 Å². The summed E-state index contributed by atoms with van der Waals surface area (Å²) in [6.45, 7) is 4.05. The molecule has 13 nitrogen and oxygen atoms in total. The average molecular weight is 691 g/mol. The summed E-state index contributed by atoms with van der Waals surface area (Å²) in [6, 6.07) is 28.2. The van der Waals surface area contributed by atoms with E-state index in [4.69, 9.17) is 16.2 Å². The van der Waals surface area contributed by atoms with Crippen LogP contribution in [-0.2, 0) is 13.1 Å². The van der Waals surface area contributed by atoms with Gasteiger partial charge in [-0.25, -0.2) is 9.59 Å². The van der Waals surface area contributed by atoms with Gasteiger partial charge in [0.25, 0.3) is 11.8 Å². The molecule has 2 aliphatic rings. The molecule has 6 amide bonds. The number of hydrogen-bond donors (Lipinski definition) is 4. The predicted octanol–water partition coefficient (Wildman–Crippen LogP) is 4.38. The normalized spacial score (nSPS) is 14.5. The van der Waals surface area contributed by atoms with Crippen molar-refractivity contribution < 1.29 is 23.9 Å². The number of rotatable bonds is 8. The maximum absolute atomic E-state index is 13.1. The lowest BCUT2D eigenvalue weighted by Gasteiger charge is -2.34. The van der Waals surface area contributed by atoms with Gasteiger partial charge in [0.05, 0.1) is 0 Å². The number of carbonyl (C=O) groups is 4. The molecule has 0 spiro atoms. The largest absolute Gasteiger partial charge is 0.457 e. The standard InChI is InChI=1S/C38H42N8O5/c39-25-27-5-1-7-29(21-27)35(47)43-13-17-45(18-14-43)37(49)41-31-9-3-11-33(23-31)51-34-12-4-10-32(24-34)42-38(50)46-19-15-44(16-20-46)36(48)30-8-2-6-28(22-30)26-40/h1-12,21-24H,13-20,25-26,39-40H2,(H,41,49)(H,42,50). The van der Waals surface area contributed by atoms with E-state index in [1.807, 2.05) is 36.4 Å². The summed E-state index contributed by atoms with van der Waals surface area (Å²) in [5.74, 6) is 0.862. The Morgan fingerprint density at radius 2 is 0.882 bits per heavy atom. The Kier molecular flexibility index (Phi) is 11.1. The van der Waals surface area contributed by atoms with Crippen LogP contribution in [0.3, 0.4) is 0 Å². The highest BCUT2D eigenvalue weighted by Crippen LogP contribution is 2.27. The molecular weight excluding hydrogens is 648 g/mol. The maximum atomic E-state index is 13.1. The van der Waals surface area contributed by atoms with E-state index in [-0.39, 0.29) is 23.9 Å². The van der Waals surface area contributed by atoms with Gasteiger partial charge in [0, 0.05) is 100 Å². The fourth-order valence-corrected chi connectivity index (χ4v) is 6.07. The number of hydrogen-bond acceptors (Lipinski definition) is 7. The molecule has 51 heavy (non-hydrogen) atoms. The third-order valence-corrected chi connectivity index (χ3v) is 8.93. The van der Waals surface area contributed by atoms with Gasteiger partial charge in [0.1, 0.15) is 11.5 Å². The van der Waals surface area contributed by atoms with Crippen molar-refractivity contribution in [1.82, 2.24) is 19.6 Å². The molecule has 6 rings (SSSR count). The number of anilines is 2. The third kappa shape index (κ3) is 8.82. The molecule has 6 N–H and O–H groups in total. The minimum atomic E-state index is -0.264. The summed E-state index contributed by atoms with van der Waals surface area (Å²) in [7, 11) is 0. The highest BCUT2D eigenvalue weighted by Gasteiger charge is 2.26. The van der Waals surface area contributed by atoms with E-state index < -0.39 is 0 Å². The molecule has 0 bridgehead atoms. The van der Waals surface area contributed by atoms with E-state index in [1.165, 1.54) is 0 Å². The second-order valence-electron chi connectivity index (χ2n) is 12.4. The Hall–Kier alpha value is -5.92. The van der Waals surface area contributed by atoms with E-state index in [0.29, 0.717) is 99.4 Å². The van der Waals surface area contributed by atoms with Crippen LogP contribution in [0.2, 0.25) is 0 Å². The first-order chi connectivity index (χ1) is 24.8. The first-order valence-corrected chi connectivity index (χ1v) is 17.0. The maximum Gasteiger partial charge on any atom is 0.321 e. The number of carbonyl (C=O) groups excluding carboxylic acids is 4. The average Bonchev–Trinajstić information content (AvgIpc) is 3.17. The first-order valence-electron chi connectivity index (χ1n) is 17.0. The molecule has 2 heterocycles. The minimum absolute atomic E-state index is 0.0731. The summed E-state index contributed by atoms with van der Waals surface area (Å²) in [5.41, 5.74) is 15.5. The summed E-state index contributed by atoms with van der Waals surface area (Å²) in [5, 5.41) is 5.85. The molecule has 2 saturated heterocycles. The highest BCUT2D eigenvalue weighted by molar-refractivity contribution is 5.96. The number of benzene rings is 4. The van der Waals surface area contributed by atoms with Gasteiger partial charge in [0.15, 0.2) is 0 Å². The third-order valence-electron chi connectivity index (χ3n) is 8.93. The second kappa shape index (κ2) is 16.2. The van der Waals surface area contributed by atoms with Gasteiger partial charge in [-0.2, -0.15) is 0 Å². The minimum Gasteiger partial charge on any atom is -0.457 e. The predicted molar refractivity (Wildman–Crippen MR) is 195 cm³/mol. The van der Waals surface area contributed by atoms with E-state index in [2.05, 4.69) is 10.6 Å². The van der Waals surface area contributed by atoms with Crippen LogP contribution in [0.4, 0.5) is 21.0 Å². The number of ether oxygens (including phenoxy) is 1. The van der Waals surface area contributed by atoms with Gasteiger partial charge in [-0.15, -0.1) is 0 Å². The zero-order chi connectivity index (χ0) is 35.7. The summed E-state index contributed by atoms with van der Waals surface area (Å²) in [4.78, 5) is 58.9. The molecule has 0 unspecified atom stereocenters. The molecule has 0 radical (unpaired) electrons. The lowest BCUT2D eigenvalue weighted by atomic mass is 10.1. The number of nitrogens with two attached hydrogens (primary N) is 2. The Morgan fingerprint density at radius 1 is 0.510 bits per heavy atom.